The van der Waals surface area contributed by atoms with E-state index in [-0.39, 0.29) is 5.82 Å². The molecule has 5 nitrogen and oxygen atoms in total. The lowest BCUT2D eigenvalue weighted by Gasteiger charge is -2.20. The summed E-state index contributed by atoms with van der Waals surface area (Å²) < 4.78 is 15.8. The molecule has 3 aromatic carbocycles. The summed E-state index contributed by atoms with van der Waals surface area (Å²) in [6.45, 7) is 0. The van der Waals surface area contributed by atoms with E-state index in [1.165, 1.54) is 18.2 Å². The minimum absolute atomic E-state index is 0.385. The summed E-state index contributed by atoms with van der Waals surface area (Å²) in [7, 11) is 1.93. The summed E-state index contributed by atoms with van der Waals surface area (Å²) in [6, 6.07) is 20.7. The molecule has 0 unspecified atom stereocenters. The molecule has 0 aliphatic rings. The number of aryl methyl sites for hydroxylation is 1. The molecule has 1 aromatic heterocycles. The first-order chi connectivity index (χ1) is 14.0. The monoisotopic (exact) mass is 452 g/mol. The van der Waals surface area contributed by atoms with E-state index in [1.807, 2.05) is 66.2 Å². The molecule has 0 fully saturated rings. The van der Waals surface area contributed by atoms with Gasteiger partial charge in [0.05, 0.1) is 16.7 Å². The van der Waals surface area contributed by atoms with E-state index in [4.69, 9.17) is 4.98 Å². The van der Waals surface area contributed by atoms with Gasteiger partial charge in [0.25, 0.3) is 0 Å². The molecule has 29 heavy (non-hydrogen) atoms. The van der Waals surface area contributed by atoms with Gasteiger partial charge in [0.1, 0.15) is 17.7 Å². The van der Waals surface area contributed by atoms with Crippen molar-refractivity contribution in [1.82, 2.24) is 14.9 Å². The fraction of sp³-hybridized carbons (Fsp3) is 0.0909. The molecule has 0 bridgehead atoms. The third kappa shape index (κ3) is 4.00. The average molecular weight is 453 g/mol. The Morgan fingerprint density at radius 3 is 2.52 bits per heavy atom. The first-order valence-corrected chi connectivity index (χ1v) is 9.81. The number of benzene rings is 3. The third-order valence-corrected chi connectivity index (χ3v) is 5.32. The maximum atomic E-state index is 13.3. The molecule has 7 heteroatoms. The van der Waals surface area contributed by atoms with Crippen molar-refractivity contribution < 1.29 is 9.18 Å². The molecule has 146 valence electrons. The van der Waals surface area contributed by atoms with Crippen LogP contribution in [0.4, 0.5) is 14.9 Å². The predicted octanol–water partition coefficient (Wildman–Crippen LogP) is 5.39. The molecule has 2 amide bonds. The number of hydrogen-bond donors (Lipinski definition) is 2. The first kappa shape index (κ1) is 19.1. The molecule has 1 atom stereocenters. The third-order valence-electron chi connectivity index (χ3n) is 4.67. The van der Waals surface area contributed by atoms with Gasteiger partial charge in [0, 0.05) is 11.5 Å². The van der Waals surface area contributed by atoms with E-state index < -0.39 is 12.1 Å². The number of fused-ring (bicyclic) bond motifs is 1. The van der Waals surface area contributed by atoms with Crippen molar-refractivity contribution in [3.63, 3.8) is 0 Å². The van der Waals surface area contributed by atoms with Crippen LogP contribution in [0.15, 0.2) is 77.3 Å². The van der Waals surface area contributed by atoms with Crippen LogP contribution < -0.4 is 10.6 Å². The van der Waals surface area contributed by atoms with E-state index in [0.29, 0.717) is 16.0 Å². The number of nitrogens with zero attached hydrogens (tertiary/aromatic N) is 2. The molecule has 2 N–H and O–H groups in total. The van der Waals surface area contributed by atoms with Crippen LogP contribution in [0, 0.1) is 5.82 Å². The highest BCUT2D eigenvalue weighted by Gasteiger charge is 2.23. The molecule has 0 saturated carbocycles. The SMILES string of the molecule is Cn1c([C@H](NC(=O)Nc2ccc(F)cc2Br)c2ccccc2)nc2ccccc21. The molecule has 4 rings (SSSR count). The molecule has 0 radical (unpaired) electrons. The van der Waals surface area contributed by atoms with Gasteiger partial charge >= 0.3 is 6.03 Å². The Kier molecular flexibility index (Phi) is 5.31. The normalized spacial score (nSPS) is 12.0. The van der Waals surface area contributed by atoms with E-state index in [2.05, 4.69) is 26.6 Å². The number of carbonyl (C=O) groups excluding carboxylic acids is 1. The molecule has 1 heterocycles. The summed E-state index contributed by atoms with van der Waals surface area (Å²) in [4.78, 5) is 17.5. The summed E-state index contributed by atoms with van der Waals surface area (Å²) in [5.74, 6) is 0.329. The number of imidazole rings is 1. The Morgan fingerprint density at radius 1 is 1.07 bits per heavy atom. The van der Waals surface area contributed by atoms with E-state index in [1.54, 1.807) is 0 Å². The molecule has 0 aliphatic carbocycles. The number of urea groups is 1. The quantitative estimate of drug-likeness (QED) is 0.436. The van der Waals surface area contributed by atoms with Crippen molar-refractivity contribution in [3.8, 4) is 0 Å². The summed E-state index contributed by atoms with van der Waals surface area (Å²) >= 11 is 3.27. The Hall–Kier alpha value is -3.19. The van der Waals surface area contributed by atoms with Crippen molar-refractivity contribution in [2.24, 2.45) is 7.05 Å². The molecule has 4 aromatic rings. The Bertz CT molecular complexity index is 1180. The largest absolute Gasteiger partial charge is 0.329 e. The molecule has 0 spiro atoms. The minimum atomic E-state index is -0.465. The fourth-order valence-electron chi connectivity index (χ4n) is 3.25. The van der Waals surface area contributed by atoms with Crippen molar-refractivity contribution in [2.75, 3.05) is 5.32 Å². The van der Waals surface area contributed by atoms with E-state index in [0.717, 1.165) is 16.6 Å². The van der Waals surface area contributed by atoms with Crippen molar-refractivity contribution in [3.05, 3.63) is 94.5 Å². The number of amides is 2. The Morgan fingerprint density at radius 2 is 1.79 bits per heavy atom. The van der Waals surface area contributed by atoms with Crippen LogP contribution in [0.2, 0.25) is 0 Å². The van der Waals surface area contributed by atoms with Crippen molar-refractivity contribution in [1.29, 1.82) is 0 Å². The zero-order valence-electron chi connectivity index (χ0n) is 15.6. The number of hydrogen-bond acceptors (Lipinski definition) is 2. The van der Waals surface area contributed by atoms with Crippen LogP contribution in [0.3, 0.4) is 0 Å². The van der Waals surface area contributed by atoms with Gasteiger partial charge in [0.2, 0.25) is 0 Å². The van der Waals surface area contributed by atoms with Crippen molar-refractivity contribution in [2.45, 2.75) is 6.04 Å². The standard InChI is InChI=1S/C22H18BrFN4O/c1-28-19-10-6-5-9-18(19)25-21(28)20(14-7-3-2-4-8-14)27-22(29)26-17-12-11-15(24)13-16(17)23/h2-13,20H,1H3,(H2,26,27,29)/t20-/m1/s1. The van der Waals surface area contributed by atoms with Gasteiger partial charge in [-0.1, -0.05) is 42.5 Å². The highest BCUT2D eigenvalue weighted by Crippen LogP contribution is 2.26. The number of carbonyl (C=O) groups is 1. The number of nitrogens with one attached hydrogen (secondary N) is 2. The lowest BCUT2D eigenvalue weighted by atomic mass is 10.1. The summed E-state index contributed by atoms with van der Waals surface area (Å²) in [6.07, 6.45) is 0. The maximum Gasteiger partial charge on any atom is 0.320 e. The van der Waals surface area contributed by atoms with Gasteiger partial charge in [-0.25, -0.2) is 14.2 Å². The van der Waals surface area contributed by atoms with Crippen LogP contribution >= 0.6 is 15.9 Å². The second-order valence-electron chi connectivity index (χ2n) is 6.58. The molecule has 0 aliphatic heterocycles. The predicted molar refractivity (Wildman–Crippen MR) is 115 cm³/mol. The first-order valence-electron chi connectivity index (χ1n) is 9.02. The fourth-order valence-corrected chi connectivity index (χ4v) is 3.70. The van der Waals surface area contributed by atoms with Crippen LogP contribution in [-0.4, -0.2) is 15.6 Å². The van der Waals surface area contributed by atoms with Gasteiger partial charge in [-0.15, -0.1) is 0 Å². The molecular weight excluding hydrogens is 435 g/mol. The molecule has 0 saturated heterocycles. The van der Waals surface area contributed by atoms with Crippen LogP contribution in [-0.2, 0) is 7.05 Å². The van der Waals surface area contributed by atoms with E-state index in [9.17, 15) is 9.18 Å². The Balaban J connectivity index is 1.68. The highest BCUT2D eigenvalue weighted by molar-refractivity contribution is 9.10. The lowest BCUT2D eigenvalue weighted by molar-refractivity contribution is 0.249. The van der Waals surface area contributed by atoms with Crippen LogP contribution in [0.1, 0.15) is 17.4 Å². The van der Waals surface area contributed by atoms with Gasteiger partial charge in [-0.3, -0.25) is 0 Å². The number of para-hydroxylation sites is 2. The van der Waals surface area contributed by atoms with Crippen LogP contribution in [0.25, 0.3) is 11.0 Å². The minimum Gasteiger partial charge on any atom is -0.329 e. The average Bonchev–Trinajstić information content (AvgIpc) is 3.06. The van der Waals surface area contributed by atoms with Gasteiger partial charge < -0.3 is 15.2 Å². The maximum absolute atomic E-state index is 13.3. The second kappa shape index (κ2) is 8.05. The van der Waals surface area contributed by atoms with E-state index >= 15 is 0 Å². The zero-order chi connectivity index (χ0) is 20.4. The highest BCUT2D eigenvalue weighted by atomic mass is 79.9. The topological polar surface area (TPSA) is 59.0 Å². The number of aromatic nitrogens is 2. The number of anilines is 1. The van der Waals surface area contributed by atoms with Gasteiger partial charge in [0.15, 0.2) is 0 Å². The summed E-state index contributed by atoms with van der Waals surface area (Å²) in [5, 5.41) is 5.75. The lowest BCUT2D eigenvalue weighted by Crippen LogP contribution is -2.34. The smallest absolute Gasteiger partial charge is 0.320 e. The van der Waals surface area contributed by atoms with Crippen LogP contribution in [0.5, 0.6) is 0 Å². The second-order valence-corrected chi connectivity index (χ2v) is 7.44. The summed E-state index contributed by atoms with van der Waals surface area (Å²) in [5.41, 5.74) is 3.21. The Labute approximate surface area is 175 Å². The number of halogens is 2. The van der Waals surface area contributed by atoms with Gasteiger partial charge in [-0.05, 0) is 51.8 Å². The zero-order valence-corrected chi connectivity index (χ0v) is 17.2. The number of rotatable bonds is 4. The van der Waals surface area contributed by atoms with Gasteiger partial charge in [-0.2, -0.15) is 0 Å². The molecular formula is C22H18BrFN4O. The van der Waals surface area contributed by atoms with Crippen molar-refractivity contribution >= 4 is 38.7 Å².